The van der Waals surface area contributed by atoms with Crippen LogP contribution in [0.1, 0.15) is 18.4 Å². The van der Waals surface area contributed by atoms with E-state index in [1.54, 1.807) is 0 Å². The van der Waals surface area contributed by atoms with E-state index in [1.165, 1.54) is 31.5 Å². The predicted octanol–water partition coefficient (Wildman–Crippen LogP) is 2.93. The van der Waals surface area contributed by atoms with E-state index in [9.17, 15) is 0 Å². The molecule has 1 aliphatic heterocycles. The van der Waals surface area contributed by atoms with Gasteiger partial charge in [0.25, 0.3) is 0 Å². The van der Waals surface area contributed by atoms with Crippen LogP contribution < -0.4 is 4.90 Å². The Hall–Kier alpha value is -0.610. The first-order valence-electron chi connectivity index (χ1n) is 6.58. The van der Waals surface area contributed by atoms with Crippen LogP contribution in [0.25, 0.3) is 0 Å². The van der Waals surface area contributed by atoms with Crippen LogP contribution in [-0.4, -0.2) is 43.6 Å². The van der Waals surface area contributed by atoms with Gasteiger partial charge in [-0.15, -0.1) is 0 Å². The Morgan fingerprint density at radius 2 is 2.33 bits per heavy atom. The monoisotopic (exact) mass is 311 g/mol. The zero-order valence-corrected chi connectivity index (χ0v) is 13.1. The summed E-state index contributed by atoms with van der Waals surface area (Å²) >= 11 is 3.46. The number of rotatable bonds is 3. The Kier molecular flexibility index (Phi) is 4.62. The minimum Gasteiger partial charge on any atom is -0.359 e. The lowest BCUT2D eigenvalue weighted by atomic mass is 9.98. The maximum Gasteiger partial charge on any atom is 0.131 e. The van der Waals surface area contributed by atoms with Gasteiger partial charge in [-0.05, 0) is 66.8 Å². The van der Waals surface area contributed by atoms with E-state index in [2.05, 4.69) is 57.8 Å². The molecule has 0 radical (unpaired) electrons. The highest BCUT2D eigenvalue weighted by Gasteiger charge is 2.19. The van der Waals surface area contributed by atoms with Gasteiger partial charge in [0.2, 0.25) is 0 Å². The van der Waals surface area contributed by atoms with E-state index in [0.717, 1.165) is 22.8 Å². The lowest BCUT2D eigenvalue weighted by Crippen LogP contribution is -2.38. The molecule has 1 unspecified atom stereocenters. The van der Waals surface area contributed by atoms with Gasteiger partial charge in [0.1, 0.15) is 5.82 Å². The molecule has 0 aliphatic carbocycles. The molecule has 1 aliphatic rings. The summed E-state index contributed by atoms with van der Waals surface area (Å²) in [6.45, 7) is 5.67. The third kappa shape index (κ3) is 3.45. The van der Waals surface area contributed by atoms with Crippen LogP contribution in [0.2, 0.25) is 0 Å². The molecule has 1 atom stereocenters. The highest BCUT2D eigenvalue weighted by atomic mass is 79.9. The minimum absolute atomic E-state index is 0.763. The number of aryl methyl sites for hydroxylation is 1. The molecule has 1 aromatic rings. The van der Waals surface area contributed by atoms with Crippen molar-refractivity contribution in [1.82, 2.24) is 9.88 Å². The Morgan fingerprint density at radius 1 is 1.56 bits per heavy atom. The third-order valence-corrected chi connectivity index (χ3v) is 4.07. The summed E-state index contributed by atoms with van der Waals surface area (Å²) < 4.78 is 1.05. The highest BCUT2D eigenvalue weighted by molar-refractivity contribution is 9.10. The summed E-state index contributed by atoms with van der Waals surface area (Å²) in [6, 6.07) is 2.13. The van der Waals surface area contributed by atoms with Crippen molar-refractivity contribution in [1.29, 1.82) is 0 Å². The average molecular weight is 312 g/mol. The maximum atomic E-state index is 4.53. The van der Waals surface area contributed by atoms with Crippen LogP contribution in [-0.2, 0) is 0 Å². The largest absolute Gasteiger partial charge is 0.359 e. The second-order valence-electron chi connectivity index (χ2n) is 5.45. The van der Waals surface area contributed by atoms with E-state index in [-0.39, 0.29) is 0 Å². The van der Waals surface area contributed by atoms with Gasteiger partial charge in [0.15, 0.2) is 0 Å². The number of likely N-dealkylation sites (tertiary alicyclic amines) is 1. The first-order chi connectivity index (χ1) is 8.56. The van der Waals surface area contributed by atoms with E-state index >= 15 is 0 Å². The van der Waals surface area contributed by atoms with E-state index in [4.69, 9.17) is 0 Å². The lowest BCUT2D eigenvalue weighted by Gasteiger charge is -2.33. The first-order valence-corrected chi connectivity index (χ1v) is 7.37. The fraction of sp³-hybridized carbons (Fsp3) is 0.643. The molecule has 1 fully saturated rings. The van der Waals surface area contributed by atoms with Gasteiger partial charge in [0, 0.05) is 30.8 Å². The summed E-state index contributed by atoms with van der Waals surface area (Å²) in [5, 5.41) is 0. The van der Waals surface area contributed by atoms with Gasteiger partial charge >= 0.3 is 0 Å². The van der Waals surface area contributed by atoms with Gasteiger partial charge in [-0.3, -0.25) is 0 Å². The summed E-state index contributed by atoms with van der Waals surface area (Å²) in [6.07, 6.45) is 4.54. The summed E-state index contributed by atoms with van der Waals surface area (Å²) in [4.78, 5) is 9.26. The van der Waals surface area contributed by atoms with Crippen LogP contribution in [0.4, 0.5) is 5.82 Å². The smallest absolute Gasteiger partial charge is 0.131 e. The first kappa shape index (κ1) is 13.8. The van der Waals surface area contributed by atoms with E-state index < -0.39 is 0 Å². The second-order valence-corrected chi connectivity index (χ2v) is 6.36. The molecule has 1 saturated heterocycles. The number of pyridine rings is 1. The Balaban J connectivity index is 2.00. The van der Waals surface area contributed by atoms with Crippen molar-refractivity contribution in [3.05, 3.63) is 22.3 Å². The van der Waals surface area contributed by atoms with Crippen LogP contribution in [0.15, 0.2) is 16.7 Å². The molecule has 18 heavy (non-hydrogen) atoms. The number of anilines is 1. The summed E-state index contributed by atoms with van der Waals surface area (Å²) in [7, 11) is 4.37. The second kappa shape index (κ2) is 6.02. The van der Waals surface area contributed by atoms with Crippen molar-refractivity contribution >= 4 is 21.7 Å². The predicted molar refractivity (Wildman–Crippen MR) is 80.2 cm³/mol. The number of halogens is 1. The molecule has 0 bridgehead atoms. The molecule has 2 heterocycles. The summed E-state index contributed by atoms with van der Waals surface area (Å²) in [5.74, 6) is 1.87. The highest BCUT2D eigenvalue weighted by Crippen LogP contribution is 2.22. The van der Waals surface area contributed by atoms with Crippen molar-refractivity contribution < 1.29 is 0 Å². The van der Waals surface area contributed by atoms with Gasteiger partial charge in [-0.2, -0.15) is 0 Å². The fourth-order valence-corrected chi connectivity index (χ4v) is 3.27. The van der Waals surface area contributed by atoms with Gasteiger partial charge in [-0.25, -0.2) is 4.98 Å². The van der Waals surface area contributed by atoms with Crippen molar-refractivity contribution in [2.75, 3.05) is 38.6 Å². The third-order valence-electron chi connectivity index (χ3n) is 3.63. The molecule has 100 valence electrons. The number of hydrogen-bond donors (Lipinski definition) is 0. The molecule has 4 heteroatoms. The lowest BCUT2D eigenvalue weighted by molar-refractivity contribution is 0.213. The van der Waals surface area contributed by atoms with Crippen LogP contribution in [0.3, 0.4) is 0 Å². The molecule has 1 aromatic heterocycles. The number of nitrogens with zero attached hydrogens (tertiary/aromatic N) is 3. The van der Waals surface area contributed by atoms with Crippen LogP contribution in [0.5, 0.6) is 0 Å². The Morgan fingerprint density at radius 3 is 3.00 bits per heavy atom. The van der Waals surface area contributed by atoms with Gasteiger partial charge in [-0.1, -0.05) is 0 Å². The average Bonchev–Trinajstić information content (AvgIpc) is 2.28. The zero-order chi connectivity index (χ0) is 13.1. The fourth-order valence-electron chi connectivity index (χ4n) is 2.83. The van der Waals surface area contributed by atoms with E-state index in [1.807, 2.05) is 6.20 Å². The number of hydrogen-bond acceptors (Lipinski definition) is 3. The topological polar surface area (TPSA) is 19.4 Å². The molecular formula is C14H22BrN3. The van der Waals surface area contributed by atoms with Crippen molar-refractivity contribution in [3.8, 4) is 0 Å². The van der Waals surface area contributed by atoms with Crippen molar-refractivity contribution in [3.63, 3.8) is 0 Å². The molecule has 0 aromatic carbocycles. The minimum atomic E-state index is 0.763. The molecule has 0 amide bonds. The van der Waals surface area contributed by atoms with Gasteiger partial charge in [0.05, 0.1) is 0 Å². The normalized spacial score (nSPS) is 21.0. The summed E-state index contributed by atoms with van der Waals surface area (Å²) in [5.41, 5.74) is 1.23. The van der Waals surface area contributed by atoms with E-state index in [0.29, 0.717) is 0 Å². The SMILES string of the molecule is Cc1cc(Br)cnc1N(C)CC1CCCN(C)C1. The standard InChI is InChI=1S/C14H22BrN3/c1-11-7-13(15)8-16-14(11)18(3)10-12-5-4-6-17(2)9-12/h7-8,12H,4-6,9-10H2,1-3H3. The molecule has 0 N–H and O–H groups in total. The quantitative estimate of drug-likeness (QED) is 0.855. The molecular weight excluding hydrogens is 290 g/mol. The Bertz CT molecular complexity index is 408. The molecule has 2 rings (SSSR count). The van der Waals surface area contributed by atoms with Crippen LogP contribution in [0, 0.1) is 12.8 Å². The van der Waals surface area contributed by atoms with Crippen molar-refractivity contribution in [2.24, 2.45) is 5.92 Å². The van der Waals surface area contributed by atoms with Crippen molar-refractivity contribution in [2.45, 2.75) is 19.8 Å². The van der Waals surface area contributed by atoms with Crippen LogP contribution >= 0.6 is 15.9 Å². The molecule has 3 nitrogen and oxygen atoms in total. The zero-order valence-electron chi connectivity index (χ0n) is 11.5. The Labute approximate surface area is 118 Å². The molecule has 0 saturated carbocycles. The maximum absolute atomic E-state index is 4.53. The number of aromatic nitrogens is 1. The molecule has 0 spiro atoms. The number of piperidine rings is 1. The van der Waals surface area contributed by atoms with Gasteiger partial charge < -0.3 is 9.80 Å².